The molecule has 0 bridgehead atoms. The maximum Gasteiger partial charge on any atom is 0.254 e. The maximum atomic E-state index is 11.7. The van der Waals surface area contributed by atoms with E-state index >= 15 is 0 Å². The van der Waals surface area contributed by atoms with Crippen molar-refractivity contribution in [3.63, 3.8) is 0 Å². The number of pyridine rings is 1. The zero-order chi connectivity index (χ0) is 13.8. The van der Waals surface area contributed by atoms with Gasteiger partial charge in [-0.25, -0.2) is 4.98 Å². The number of aryl methyl sites for hydroxylation is 1. The minimum absolute atomic E-state index is 0.0549. The van der Waals surface area contributed by atoms with Gasteiger partial charge in [0.2, 0.25) is 0 Å². The number of carbonyl (C=O) groups is 1. The van der Waals surface area contributed by atoms with Crippen molar-refractivity contribution in [1.82, 2.24) is 9.88 Å². The first-order chi connectivity index (χ1) is 9.06. The first-order valence-corrected chi connectivity index (χ1v) is 6.03. The molecule has 0 saturated heterocycles. The summed E-state index contributed by atoms with van der Waals surface area (Å²) in [6.07, 6.45) is 1.57. The Kier molecular flexibility index (Phi) is 3.85. The average Bonchev–Trinajstić information content (AvgIpc) is 2.82. The van der Waals surface area contributed by atoms with Crippen molar-refractivity contribution >= 4 is 11.7 Å². The molecule has 1 amide bonds. The summed E-state index contributed by atoms with van der Waals surface area (Å²) in [7, 11) is 3.43. The summed E-state index contributed by atoms with van der Waals surface area (Å²) >= 11 is 0. The lowest BCUT2D eigenvalue weighted by atomic mass is 10.2. The van der Waals surface area contributed by atoms with Crippen LogP contribution in [0.2, 0.25) is 0 Å². The maximum absolute atomic E-state index is 11.7. The van der Waals surface area contributed by atoms with Crippen molar-refractivity contribution in [2.75, 3.05) is 19.4 Å². The number of aromatic nitrogens is 1. The van der Waals surface area contributed by atoms with Gasteiger partial charge in [-0.05, 0) is 31.2 Å². The van der Waals surface area contributed by atoms with Gasteiger partial charge in [0.15, 0.2) is 0 Å². The predicted octanol–water partition coefficient (Wildman–Crippen LogP) is 2.30. The van der Waals surface area contributed by atoms with Gasteiger partial charge in [-0.3, -0.25) is 4.79 Å². The van der Waals surface area contributed by atoms with E-state index < -0.39 is 0 Å². The lowest BCUT2D eigenvalue weighted by Crippen LogP contribution is -2.21. The average molecular weight is 259 g/mol. The number of hydrogen-bond acceptors (Lipinski definition) is 4. The highest BCUT2D eigenvalue weighted by Gasteiger charge is 2.08. The van der Waals surface area contributed by atoms with Gasteiger partial charge in [0.05, 0.1) is 12.1 Å². The van der Waals surface area contributed by atoms with Crippen LogP contribution in [-0.4, -0.2) is 29.9 Å². The number of nitrogens with one attached hydrogen (secondary N) is 1. The van der Waals surface area contributed by atoms with E-state index in [0.29, 0.717) is 17.9 Å². The topological polar surface area (TPSA) is 58.4 Å². The van der Waals surface area contributed by atoms with E-state index in [1.165, 1.54) is 4.90 Å². The SMILES string of the molecule is Cc1ccc(CNc2ccc(C(=O)N(C)C)cn2)o1. The van der Waals surface area contributed by atoms with Crippen LogP contribution in [0.15, 0.2) is 34.9 Å². The summed E-state index contributed by atoms with van der Waals surface area (Å²) in [5.41, 5.74) is 0.574. The van der Waals surface area contributed by atoms with Crippen LogP contribution < -0.4 is 5.32 Å². The van der Waals surface area contributed by atoms with E-state index in [4.69, 9.17) is 4.42 Å². The van der Waals surface area contributed by atoms with Crippen molar-refractivity contribution < 1.29 is 9.21 Å². The molecule has 0 aromatic carbocycles. The Morgan fingerprint density at radius 2 is 2.11 bits per heavy atom. The number of nitrogens with zero attached hydrogens (tertiary/aromatic N) is 2. The molecule has 0 aliphatic carbocycles. The van der Waals surface area contributed by atoms with E-state index in [0.717, 1.165) is 11.5 Å². The Bertz CT molecular complexity index is 558. The smallest absolute Gasteiger partial charge is 0.254 e. The predicted molar refractivity (Wildman–Crippen MR) is 73.0 cm³/mol. The van der Waals surface area contributed by atoms with Crippen molar-refractivity contribution in [2.24, 2.45) is 0 Å². The largest absolute Gasteiger partial charge is 0.465 e. The van der Waals surface area contributed by atoms with E-state index in [-0.39, 0.29) is 5.91 Å². The standard InChI is InChI=1S/C14H17N3O2/c1-10-4-6-12(19-10)9-16-13-7-5-11(8-15-13)14(18)17(2)3/h4-8H,9H2,1-3H3,(H,15,16). The molecule has 0 saturated carbocycles. The number of carbonyl (C=O) groups excluding carboxylic acids is 1. The molecule has 2 rings (SSSR count). The van der Waals surface area contributed by atoms with Crippen LogP contribution in [0.1, 0.15) is 21.9 Å². The fraction of sp³-hybridized carbons (Fsp3) is 0.286. The molecule has 2 aromatic heterocycles. The number of furan rings is 1. The van der Waals surface area contributed by atoms with Crippen molar-refractivity contribution in [1.29, 1.82) is 0 Å². The molecule has 19 heavy (non-hydrogen) atoms. The summed E-state index contributed by atoms with van der Waals surface area (Å²) in [5.74, 6) is 2.40. The molecule has 0 unspecified atom stereocenters. The second-order valence-electron chi connectivity index (χ2n) is 4.50. The van der Waals surface area contributed by atoms with E-state index in [2.05, 4.69) is 10.3 Å². The zero-order valence-electron chi connectivity index (χ0n) is 11.3. The van der Waals surface area contributed by atoms with Crippen LogP contribution in [0.25, 0.3) is 0 Å². The second kappa shape index (κ2) is 5.56. The monoisotopic (exact) mass is 259 g/mol. The van der Waals surface area contributed by atoms with Crippen LogP contribution in [0.4, 0.5) is 5.82 Å². The van der Waals surface area contributed by atoms with Gasteiger partial charge >= 0.3 is 0 Å². The molecule has 0 aliphatic rings. The Hall–Kier alpha value is -2.30. The number of amides is 1. The fourth-order valence-electron chi connectivity index (χ4n) is 1.64. The molecule has 1 N–H and O–H groups in total. The molecule has 0 spiro atoms. The molecular weight excluding hydrogens is 242 g/mol. The summed E-state index contributed by atoms with van der Waals surface area (Å²) in [6.45, 7) is 2.48. The Balaban J connectivity index is 1.97. The highest BCUT2D eigenvalue weighted by molar-refractivity contribution is 5.93. The summed E-state index contributed by atoms with van der Waals surface area (Å²) in [6, 6.07) is 7.38. The van der Waals surface area contributed by atoms with Gasteiger partial charge < -0.3 is 14.6 Å². The molecule has 0 aliphatic heterocycles. The van der Waals surface area contributed by atoms with Crippen molar-refractivity contribution in [3.05, 3.63) is 47.5 Å². The first kappa shape index (κ1) is 13.1. The molecule has 2 aromatic rings. The number of anilines is 1. The molecule has 0 radical (unpaired) electrons. The van der Waals surface area contributed by atoms with Gasteiger partial charge in [-0.2, -0.15) is 0 Å². The quantitative estimate of drug-likeness (QED) is 0.915. The van der Waals surface area contributed by atoms with E-state index in [9.17, 15) is 4.79 Å². The van der Waals surface area contributed by atoms with E-state index in [1.54, 1.807) is 32.4 Å². The van der Waals surface area contributed by atoms with Gasteiger partial charge in [-0.1, -0.05) is 0 Å². The van der Waals surface area contributed by atoms with Crippen LogP contribution in [0.3, 0.4) is 0 Å². The summed E-state index contributed by atoms with van der Waals surface area (Å²) in [4.78, 5) is 17.4. The molecule has 0 fully saturated rings. The number of hydrogen-bond donors (Lipinski definition) is 1. The highest BCUT2D eigenvalue weighted by Crippen LogP contribution is 2.10. The van der Waals surface area contributed by atoms with Crippen LogP contribution >= 0.6 is 0 Å². The lowest BCUT2D eigenvalue weighted by molar-refractivity contribution is 0.0827. The zero-order valence-corrected chi connectivity index (χ0v) is 11.3. The molecule has 2 heterocycles. The second-order valence-corrected chi connectivity index (χ2v) is 4.50. The highest BCUT2D eigenvalue weighted by atomic mass is 16.3. The van der Waals surface area contributed by atoms with Crippen LogP contribution in [-0.2, 0) is 6.54 Å². The van der Waals surface area contributed by atoms with Crippen LogP contribution in [0.5, 0.6) is 0 Å². The molecule has 100 valence electrons. The van der Waals surface area contributed by atoms with E-state index in [1.807, 2.05) is 19.1 Å². The third-order valence-electron chi connectivity index (χ3n) is 2.66. The summed E-state index contributed by atoms with van der Waals surface area (Å²) in [5, 5.41) is 3.14. The molecule has 5 heteroatoms. The van der Waals surface area contributed by atoms with Gasteiger partial charge in [-0.15, -0.1) is 0 Å². The van der Waals surface area contributed by atoms with Crippen LogP contribution in [0, 0.1) is 6.92 Å². The van der Waals surface area contributed by atoms with Gasteiger partial charge in [0.1, 0.15) is 17.3 Å². The van der Waals surface area contributed by atoms with Gasteiger partial charge in [0, 0.05) is 20.3 Å². The Labute approximate surface area is 112 Å². The lowest BCUT2D eigenvalue weighted by Gasteiger charge is -2.10. The normalized spacial score (nSPS) is 10.3. The third-order valence-corrected chi connectivity index (χ3v) is 2.66. The minimum Gasteiger partial charge on any atom is -0.465 e. The molecular formula is C14H17N3O2. The third kappa shape index (κ3) is 3.34. The van der Waals surface area contributed by atoms with Gasteiger partial charge in [0.25, 0.3) is 5.91 Å². The van der Waals surface area contributed by atoms with Crippen molar-refractivity contribution in [3.8, 4) is 0 Å². The Morgan fingerprint density at radius 1 is 1.32 bits per heavy atom. The number of rotatable bonds is 4. The first-order valence-electron chi connectivity index (χ1n) is 6.03. The van der Waals surface area contributed by atoms with Crippen molar-refractivity contribution in [2.45, 2.75) is 13.5 Å². The molecule has 0 atom stereocenters. The Morgan fingerprint density at radius 3 is 2.63 bits per heavy atom. The molecule has 5 nitrogen and oxygen atoms in total. The fourth-order valence-corrected chi connectivity index (χ4v) is 1.64. The minimum atomic E-state index is -0.0549. The summed E-state index contributed by atoms with van der Waals surface area (Å²) < 4.78 is 5.45.